The van der Waals surface area contributed by atoms with Crippen LogP contribution < -0.4 is 14.2 Å². The van der Waals surface area contributed by atoms with Gasteiger partial charge < -0.3 is 28.8 Å². The van der Waals surface area contributed by atoms with Gasteiger partial charge in [0.2, 0.25) is 0 Å². The molecule has 5 rings (SSSR count). The van der Waals surface area contributed by atoms with Gasteiger partial charge in [0.25, 0.3) is 11.7 Å². The van der Waals surface area contributed by atoms with Crippen LogP contribution in [0.3, 0.4) is 0 Å². The van der Waals surface area contributed by atoms with Crippen LogP contribution in [0.2, 0.25) is 0 Å². The molecule has 1 atom stereocenters. The van der Waals surface area contributed by atoms with Crippen molar-refractivity contribution < 1.29 is 28.9 Å². The Balaban J connectivity index is 1.50. The van der Waals surface area contributed by atoms with E-state index < -0.39 is 17.7 Å². The predicted molar refractivity (Wildman–Crippen MR) is 136 cm³/mol. The van der Waals surface area contributed by atoms with Crippen LogP contribution >= 0.6 is 0 Å². The number of aryl methyl sites for hydroxylation is 1. The number of Topliss-reactive ketones (excluding diaryl/α,β-unsaturated/α-hetero) is 1. The Labute approximate surface area is 214 Å². The molecule has 1 aromatic heterocycles. The minimum atomic E-state index is -0.740. The Bertz CT molecular complexity index is 1300. The topological polar surface area (TPSA) is 103 Å². The summed E-state index contributed by atoms with van der Waals surface area (Å²) in [5.41, 5.74) is 1.14. The van der Waals surface area contributed by atoms with Gasteiger partial charge in [-0.25, -0.2) is 4.98 Å². The number of benzene rings is 2. The lowest BCUT2D eigenvalue weighted by Gasteiger charge is -2.26. The predicted octanol–water partition coefficient (Wildman–Crippen LogP) is 3.96. The number of nitrogens with zero attached hydrogens (tertiary/aromatic N) is 3. The molecule has 0 radical (unpaired) electrons. The number of hydrogen-bond donors (Lipinski definition) is 1. The van der Waals surface area contributed by atoms with Crippen LogP contribution in [0.5, 0.6) is 17.2 Å². The average Bonchev–Trinajstić information content (AvgIpc) is 3.54. The number of carbonyl (C=O) groups excluding carboxylic acids is 2. The lowest BCUT2D eigenvalue weighted by molar-refractivity contribution is -0.139. The van der Waals surface area contributed by atoms with Gasteiger partial charge in [0.1, 0.15) is 24.7 Å². The van der Waals surface area contributed by atoms with Crippen LogP contribution in [0.1, 0.15) is 36.9 Å². The highest BCUT2D eigenvalue weighted by molar-refractivity contribution is 6.46. The van der Waals surface area contributed by atoms with Gasteiger partial charge in [0.15, 0.2) is 11.5 Å². The lowest BCUT2D eigenvalue weighted by atomic mass is 9.95. The van der Waals surface area contributed by atoms with Crippen LogP contribution in [0.4, 0.5) is 0 Å². The molecule has 9 nitrogen and oxygen atoms in total. The van der Waals surface area contributed by atoms with Crippen molar-refractivity contribution in [1.29, 1.82) is 0 Å². The van der Waals surface area contributed by atoms with E-state index in [-0.39, 0.29) is 11.3 Å². The first kappa shape index (κ1) is 24.4. The average molecular weight is 504 g/mol. The Morgan fingerprint density at radius 1 is 1.08 bits per heavy atom. The van der Waals surface area contributed by atoms with Crippen LogP contribution in [0.25, 0.3) is 5.76 Å². The molecule has 0 bridgehead atoms. The summed E-state index contributed by atoms with van der Waals surface area (Å²) in [7, 11) is 0. The van der Waals surface area contributed by atoms with E-state index in [0.717, 1.165) is 6.42 Å². The second kappa shape index (κ2) is 10.8. The van der Waals surface area contributed by atoms with Crippen molar-refractivity contribution >= 4 is 17.4 Å². The number of aliphatic hydroxyl groups is 1. The van der Waals surface area contributed by atoms with Gasteiger partial charge in [-0.3, -0.25) is 9.59 Å². The molecule has 3 aromatic rings. The maximum Gasteiger partial charge on any atom is 0.295 e. The molecule has 2 aliphatic heterocycles. The third-order valence-corrected chi connectivity index (χ3v) is 6.40. The van der Waals surface area contributed by atoms with E-state index in [1.165, 1.54) is 4.90 Å². The van der Waals surface area contributed by atoms with Crippen LogP contribution in [-0.2, 0) is 16.1 Å². The fraction of sp³-hybridized carbons (Fsp3) is 0.321. The van der Waals surface area contributed by atoms with Crippen molar-refractivity contribution in [3.8, 4) is 17.2 Å². The number of likely N-dealkylation sites (tertiary alicyclic amines) is 1. The van der Waals surface area contributed by atoms with E-state index >= 15 is 0 Å². The van der Waals surface area contributed by atoms with Gasteiger partial charge in [-0.1, -0.05) is 19.1 Å². The molecule has 0 unspecified atom stereocenters. The quantitative estimate of drug-likeness (QED) is 0.268. The van der Waals surface area contributed by atoms with Gasteiger partial charge in [-0.15, -0.1) is 0 Å². The fourth-order valence-electron chi connectivity index (χ4n) is 4.61. The maximum absolute atomic E-state index is 13.3. The first-order valence-electron chi connectivity index (χ1n) is 12.4. The Morgan fingerprint density at radius 2 is 1.86 bits per heavy atom. The Hall–Kier alpha value is -4.27. The van der Waals surface area contributed by atoms with E-state index in [2.05, 4.69) is 4.98 Å². The minimum absolute atomic E-state index is 0.0477. The van der Waals surface area contributed by atoms with Crippen molar-refractivity contribution in [2.45, 2.75) is 32.4 Å². The smallest absolute Gasteiger partial charge is 0.295 e. The summed E-state index contributed by atoms with van der Waals surface area (Å²) in [6.45, 7) is 4.44. The first-order valence-corrected chi connectivity index (χ1v) is 12.4. The molecule has 1 N–H and O–H groups in total. The number of imidazole rings is 1. The highest BCUT2D eigenvalue weighted by Gasteiger charge is 2.45. The minimum Gasteiger partial charge on any atom is -0.507 e. The Morgan fingerprint density at radius 3 is 2.59 bits per heavy atom. The van der Waals surface area contributed by atoms with Crippen LogP contribution in [0, 0.1) is 0 Å². The maximum atomic E-state index is 13.3. The SMILES string of the molecule is CCCOc1ccc([C@@H]2C(=C(O)c3ccc4c(c3)OCCO4)C(=O)C(=O)N2CCCn2ccnc2)cc1. The third-order valence-electron chi connectivity index (χ3n) is 6.40. The molecule has 2 aromatic carbocycles. The number of fused-ring (bicyclic) bond motifs is 1. The van der Waals surface area contributed by atoms with Crippen molar-refractivity contribution in [1.82, 2.24) is 14.5 Å². The van der Waals surface area contributed by atoms with Crippen LogP contribution in [0.15, 0.2) is 66.8 Å². The zero-order valence-corrected chi connectivity index (χ0v) is 20.6. The molecule has 9 heteroatoms. The number of hydrogen-bond acceptors (Lipinski definition) is 7. The van der Waals surface area contributed by atoms with Gasteiger partial charge in [-0.05, 0) is 48.7 Å². The molecule has 37 heavy (non-hydrogen) atoms. The fourth-order valence-corrected chi connectivity index (χ4v) is 4.61. The first-order chi connectivity index (χ1) is 18.1. The number of aliphatic hydroxyl groups excluding tert-OH is 1. The highest BCUT2D eigenvalue weighted by atomic mass is 16.6. The summed E-state index contributed by atoms with van der Waals surface area (Å²) >= 11 is 0. The molecule has 0 aliphatic carbocycles. The molecule has 0 spiro atoms. The summed E-state index contributed by atoms with van der Waals surface area (Å²) in [6, 6.07) is 11.6. The zero-order valence-electron chi connectivity index (χ0n) is 20.6. The standard InChI is InChI=1S/C28H29N3O6/c1-2-14-35-21-7-4-19(5-8-21)25-24(26(32)20-6-9-22-23(17-20)37-16-15-36-22)27(33)28(34)31(25)12-3-11-30-13-10-29-18-30/h4-10,13,17-18,25,32H,2-3,11-12,14-16H2,1H3/t25-/m1/s1. The molecule has 2 aliphatic rings. The second-order valence-corrected chi connectivity index (χ2v) is 8.92. The van der Waals surface area contributed by atoms with E-state index in [1.807, 2.05) is 42.0 Å². The monoisotopic (exact) mass is 503 g/mol. The summed E-state index contributed by atoms with van der Waals surface area (Å²) in [4.78, 5) is 32.1. The van der Waals surface area contributed by atoms with E-state index in [9.17, 15) is 14.7 Å². The molecule has 1 saturated heterocycles. The van der Waals surface area contributed by atoms with Crippen molar-refractivity contribution in [2.24, 2.45) is 0 Å². The molecular formula is C28H29N3O6. The van der Waals surface area contributed by atoms with Gasteiger partial charge in [-0.2, -0.15) is 0 Å². The third kappa shape index (κ3) is 5.02. The molecule has 1 fully saturated rings. The van der Waals surface area contributed by atoms with E-state index in [4.69, 9.17) is 14.2 Å². The second-order valence-electron chi connectivity index (χ2n) is 8.92. The summed E-state index contributed by atoms with van der Waals surface area (Å²) in [5, 5.41) is 11.4. The summed E-state index contributed by atoms with van der Waals surface area (Å²) < 4.78 is 18.8. The molecule has 1 amide bonds. The van der Waals surface area contributed by atoms with Gasteiger partial charge in [0, 0.05) is 31.0 Å². The Kier molecular flexibility index (Phi) is 7.11. The summed E-state index contributed by atoms with van der Waals surface area (Å²) in [5.74, 6) is 0.159. The largest absolute Gasteiger partial charge is 0.507 e. The number of ether oxygens (including phenoxy) is 3. The van der Waals surface area contributed by atoms with E-state index in [0.29, 0.717) is 67.7 Å². The van der Waals surface area contributed by atoms with Gasteiger partial charge >= 0.3 is 0 Å². The molecular weight excluding hydrogens is 474 g/mol. The number of rotatable bonds is 9. The summed E-state index contributed by atoms with van der Waals surface area (Å²) in [6.07, 6.45) is 6.75. The number of aromatic nitrogens is 2. The molecule has 0 saturated carbocycles. The highest BCUT2D eigenvalue weighted by Crippen LogP contribution is 2.41. The van der Waals surface area contributed by atoms with Crippen molar-refractivity contribution in [3.05, 3.63) is 77.9 Å². The van der Waals surface area contributed by atoms with E-state index in [1.54, 1.807) is 30.7 Å². The van der Waals surface area contributed by atoms with Crippen molar-refractivity contribution in [3.63, 3.8) is 0 Å². The molecule has 3 heterocycles. The van der Waals surface area contributed by atoms with Crippen molar-refractivity contribution in [2.75, 3.05) is 26.4 Å². The lowest BCUT2D eigenvalue weighted by Crippen LogP contribution is -2.31. The van der Waals surface area contributed by atoms with Crippen LogP contribution in [-0.4, -0.2) is 57.6 Å². The molecule has 192 valence electrons. The van der Waals surface area contributed by atoms with Gasteiger partial charge in [0.05, 0.1) is 24.5 Å². The number of amides is 1. The normalized spacial score (nSPS) is 18.3. The number of ketones is 1. The zero-order chi connectivity index (χ0) is 25.8. The number of carbonyl (C=O) groups is 2.